The molecular weight excluding hydrogens is 282 g/mol. The molecule has 0 unspecified atom stereocenters. The van der Waals surface area contributed by atoms with E-state index in [4.69, 9.17) is 0 Å². The first kappa shape index (κ1) is 14.2. The molecule has 0 spiro atoms. The van der Waals surface area contributed by atoms with E-state index >= 15 is 0 Å². The summed E-state index contributed by atoms with van der Waals surface area (Å²) in [6.45, 7) is 4.72. The molecule has 4 aliphatic rings. The van der Waals surface area contributed by atoms with Crippen LogP contribution in [0.4, 0.5) is 0 Å². The predicted molar refractivity (Wildman–Crippen MR) is 91.6 cm³/mol. The van der Waals surface area contributed by atoms with Crippen molar-refractivity contribution in [3.63, 3.8) is 0 Å². The molecular formula is C21H27NO. The minimum atomic E-state index is 0.166. The van der Waals surface area contributed by atoms with E-state index in [9.17, 15) is 4.79 Å². The molecule has 0 N–H and O–H groups in total. The van der Waals surface area contributed by atoms with Gasteiger partial charge in [-0.3, -0.25) is 9.69 Å². The topological polar surface area (TPSA) is 20.3 Å². The normalized spacial score (nSPS) is 36.5. The van der Waals surface area contributed by atoms with Gasteiger partial charge in [-0.25, -0.2) is 0 Å². The van der Waals surface area contributed by atoms with Gasteiger partial charge >= 0.3 is 0 Å². The molecule has 1 aromatic carbocycles. The molecule has 5 rings (SSSR count). The number of aryl methyl sites for hydroxylation is 1. The summed E-state index contributed by atoms with van der Waals surface area (Å²) in [5.41, 5.74) is 4.60. The van der Waals surface area contributed by atoms with Crippen molar-refractivity contribution in [1.29, 1.82) is 0 Å². The van der Waals surface area contributed by atoms with Crippen molar-refractivity contribution in [2.75, 3.05) is 13.1 Å². The second-order valence-corrected chi connectivity index (χ2v) is 8.64. The number of carbonyl (C=O) groups excluding carboxylic acids is 1. The molecule has 1 aromatic rings. The van der Waals surface area contributed by atoms with Crippen LogP contribution in [0.25, 0.3) is 0 Å². The van der Waals surface area contributed by atoms with Crippen LogP contribution < -0.4 is 0 Å². The van der Waals surface area contributed by atoms with Crippen molar-refractivity contribution in [2.24, 2.45) is 11.8 Å². The van der Waals surface area contributed by atoms with Crippen molar-refractivity contribution in [3.05, 3.63) is 34.9 Å². The molecule has 1 saturated heterocycles. The van der Waals surface area contributed by atoms with Gasteiger partial charge in [-0.05, 0) is 68.5 Å². The molecule has 2 saturated carbocycles. The number of hydrogen-bond acceptors (Lipinski definition) is 2. The van der Waals surface area contributed by atoms with Crippen LogP contribution in [-0.4, -0.2) is 29.8 Å². The number of benzene rings is 1. The summed E-state index contributed by atoms with van der Waals surface area (Å²) in [4.78, 5) is 15.2. The zero-order valence-electron chi connectivity index (χ0n) is 14.2. The summed E-state index contributed by atoms with van der Waals surface area (Å²) in [6, 6.07) is 7.72. The Morgan fingerprint density at radius 3 is 2.96 bits per heavy atom. The standard InChI is InChI=1S/C21H27NO/c1-14-2-5-16-11-20-18-7-6-17(23)12-21(18,19(16)10-14)8-9-22(20)13-15-3-4-15/h2,5,10,15,18,20H,3-4,6-9,11-13H2,1H3/t18-,20+,21-/m1/s1. The number of Topliss-reactive ketones (excluding diaryl/α,β-unsaturated/α-hetero) is 1. The van der Waals surface area contributed by atoms with Gasteiger partial charge in [0, 0.05) is 30.8 Å². The lowest BCUT2D eigenvalue weighted by atomic mass is 9.52. The number of rotatable bonds is 2. The van der Waals surface area contributed by atoms with Gasteiger partial charge in [0.25, 0.3) is 0 Å². The summed E-state index contributed by atoms with van der Waals surface area (Å²) >= 11 is 0. The highest BCUT2D eigenvalue weighted by Gasteiger charge is 2.55. The predicted octanol–water partition coefficient (Wildman–Crippen LogP) is 3.64. The maximum atomic E-state index is 12.4. The Bertz CT molecular complexity index is 662. The Balaban J connectivity index is 1.60. The van der Waals surface area contributed by atoms with Crippen LogP contribution >= 0.6 is 0 Å². The SMILES string of the molecule is Cc1ccc2c(c1)[C@@]13CCN(CC4CC4)[C@@H](C2)[C@H]1CCC(=O)C3. The van der Waals surface area contributed by atoms with Crippen molar-refractivity contribution < 1.29 is 4.79 Å². The number of fused-ring (bicyclic) bond motifs is 1. The monoisotopic (exact) mass is 309 g/mol. The molecule has 3 aliphatic carbocycles. The number of likely N-dealkylation sites (tertiary alicyclic amines) is 1. The highest BCUT2D eigenvalue weighted by Crippen LogP contribution is 2.55. The van der Waals surface area contributed by atoms with Crippen molar-refractivity contribution in [1.82, 2.24) is 4.90 Å². The van der Waals surface area contributed by atoms with E-state index in [-0.39, 0.29) is 5.41 Å². The number of piperidine rings is 1. The number of ketones is 1. The Labute approximate surface area is 139 Å². The van der Waals surface area contributed by atoms with Gasteiger partial charge in [-0.15, -0.1) is 0 Å². The summed E-state index contributed by atoms with van der Waals surface area (Å²) in [6.07, 6.45) is 8.04. The smallest absolute Gasteiger partial charge is 0.133 e. The third-order valence-corrected chi connectivity index (χ3v) is 7.16. The fraction of sp³-hybridized carbons (Fsp3) is 0.667. The average molecular weight is 309 g/mol. The third-order valence-electron chi connectivity index (χ3n) is 7.16. The van der Waals surface area contributed by atoms with Gasteiger partial charge in [-0.1, -0.05) is 23.8 Å². The van der Waals surface area contributed by atoms with Crippen molar-refractivity contribution >= 4 is 5.78 Å². The molecule has 23 heavy (non-hydrogen) atoms. The van der Waals surface area contributed by atoms with Crippen LogP contribution in [0.15, 0.2) is 18.2 Å². The molecule has 0 radical (unpaired) electrons. The van der Waals surface area contributed by atoms with Crippen LogP contribution in [0, 0.1) is 18.8 Å². The summed E-state index contributed by atoms with van der Waals surface area (Å²) in [5, 5.41) is 0. The summed E-state index contributed by atoms with van der Waals surface area (Å²) in [7, 11) is 0. The first-order valence-corrected chi connectivity index (χ1v) is 9.51. The second-order valence-electron chi connectivity index (χ2n) is 8.64. The fourth-order valence-corrected chi connectivity index (χ4v) is 5.88. The molecule has 0 amide bonds. The van der Waals surface area contributed by atoms with Crippen LogP contribution in [0.3, 0.4) is 0 Å². The molecule has 0 aromatic heterocycles. The Kier molecular flexibility index (Phi) is 3.04. The Hall–Kier alpha value is -1.15. The third kappa shape index (κ3) is 2.14. The molecule has 1 heterocycles. The number of hydrogen-bond donors (Lipinski definition) is 0. The number of carbonyl (C=O) groups is 1. The highest BCUT2D eigenvalue weighted by molar-refractivity contribution is 5.81. The van der Waals surface area contributed by atoms with E-state index in [1.807, 2.05) is 0 Å². The van der Waals surface area contributed by atoms with E-state index in [2.05, 4.69) is 30.0 Å². The van der Waals surface area contributed by atoms with Crippen molar-refractivity contribution in [2.45, 2.75) is 63.3 Å². The quantitative estimate of drug-likeness (QED) is 0.831. The van der Waals surface area contributed by atoms with E-state index < -0.39 is 0 Å². The average Bonchev–Trinajstić information content (AvgIpc) is 3.34. The van der Waals surface area contributed by atoms with Gasteiger partial charge in [0.2, 0.25) is 0 Å². The lowest BCUT2D eigenvalue weighted by Gasteiger charge is -2.58. The van der Waals surface area contributed by atoms with Gasteiger partial charge < -0.3 is 0 Å². The molecule has 2 nitrogen and oxygen atoms in total. The second kappa shape index (κ2) is 4.92. The van der Waals surface area contributed by atoms with Crippen LogP contribution in [0.5, 0.6) is 0 Å². The zero-order chi connectivity index (χ0) is 15.6. The van der Waals surface area contributed by atoms with Crippen molar-refractivity contribution in [3.8, 4) is 0 Å². The zero-order valence-corrected chi connectivity index (χ0v) is 14.2. The Morgan fingerprint density at radius 1 is 1.26 bits per heavy atom. The van der Waals surface area contributed by atoms with Crippen LogP contribution in [0.1, 0.15) is 55.2 Å². The van der Waals surface area contributed by atoms with Crippen LogP contribution in [-0.2, 0) is 16.6 Å². The van der Waals surface area contributed by atoms with Gasteiger partial charge in [0.15, 0.2) is 0 Å². The Morgan fingerprint density at radius 2 is 2.13 bits per heavy atom. The molecule has 2 heteroatoms. The molecule has 2 bridgehead atoms. The highest BCUT2D eigenvalue weighted by atomic mass is 16.1. The molecule has 122 valence electrons. The molecule has 1 aliphatic heterocycles. The van der Waals surface area contributed by atoms with Crippen LogP contribution in [0.2, 0.25) is 0 Å². The van der Waals surface area contributed by atoms with Gasteiger partial charge in [0.1, 0.15) is 5.78 Å². The van der Waals surface area contributed by atoms with E-state index in [1.165, 1.54) is 55.5 Å². The lowest BCUT2D eigenvalue weighted by molar-refractivity contribution is -0.127. The van der Waals surface area contributed by atoms with Gasteiger partial charge in [-0.2, -0.15) is 0 Å². The fourth-order valence-electron chi connectivity index (χ4n) is 5.88. The lowest BCUT2D eigenvalue weighted by Crippen LogP contribution is -2.62. The first-order chi connectivity index (χ1) is 11.2. The molecule has 3 atom stereocenters. The van der Waals surface area contributed by atoms with E-state index in [0.717, 1.165) is 25.2 Å². The molecule has 3 fully saturated rings. The summed E-state index contributed by atoms with van der Waals surface area (Å²) in [5.74, 6) is 2.18. The van der Waals surface area contributed by atoms with Gasteiger partial charge in [0.05, 0.1) is 0 Å². The minimum Gasteiger partial charge on any atom is -0.300 e. The first-order valence-electron chi connectivity index (χ1n) is 9.51. The minimum absolute atomic E-state index is 0.166. The maximum Gasteiger partial charge on any atom is 0.133 e. The maximum absolute atomic E-state index is 12.4. The number of nitrogens with zero attached hydrogens (tertiary/aromatic N) is 1. The largest absolute Gasteiger partial charge is 0.300 e. The van der Waals surface area contributed by atoms with E-state index in [0.29, 0.717) is 17.7 Å². The van der Waals surface area contributed by atoms with E-state index in [1.54, 1.807) is 0 Å². The summed E-state index contributed by atoms with van der Waals surface area (Å²) < 4.78 is 0.